The maximum atomic E-state index is 12.5. The predicted molar refractivity (Wildman–Crippen MR) is 98.7 cm³/mol. The molecule has 7 heteroatoms. The van der Waals surface area contributed by atoms with Gasteiger partial charge in [-0.1, -0.05) is 6.07 Å². The molecule has 2 aliphatic rings. The van der Waals surface area contributed by atoms with Crippen LogP contribution in [0.4, 0.5) is 5.69 Å². The van der Waals surface area contributed by atoms with Crippen LogP contribution in [-0.2, 0) is 4.79 Å². The summed E-state index contributed by atoms with van der Waals surface area (Å²) in [4.78, 5) is 26.6. The number of ether oxygens (including phenoxy) is 3. The number of hydrogen-bond acceptors (Lipinski definition) is 5. The molecule has 140 valence electrons. The van der Waals surface area contributed by atoms with Crippen LogP contribution in [0, 0.1) is 0 Å². The predicted octanol–water partition coefficient (Wildman–Crippen LogP) is 2.00. The van der Waals surface area contributed by atoms with Crippen LogP contribution in [0.25, 0.3) is 0 Å². The highest BCUT2D eigenvalue weighted by Gasteiger charge is 2.32. The monoisotopic (exact) mass is 368 g/mol. The highest BCUT2D eigenvalue weighted by Crippen LogP contribution is 2.35. The van der Waals surface area contributed by atoms with E-state index < -0.39 is 0 Å². The van der Waals surface area contributed by atoms with Crippen molar-refractivity contribution >= 4 is 17.5 Å². The minimum Gasteiger partial charge on any atom is -0.497 e. The molecule has 0 bridgehead atoms. The first-order valence-electron chi connectivity index (χ1n) is 8.79. The number of fused-ring (bicyclic) bond motifs is 1. The van der Waals surface area contributed by atoms with E-state index in [1.54, 1.807) is 48.4 Å². The Kier molecular flexibility index (Phi) is 4.58. The average molecular weight is 368 g/mol. The van der Waals surface area contributed by atoms with Gasteiger partial charge in [-0.15, -0.1) is 0 Å². The molecule has 2 aliphatic heterocycles. The van der Waals surface area contributed by atoms with Crippen LogP contribution in [0.5, 0.6) is 17.2 Å². The molecular formula is C20H20N2O5. The lowest BCUT2D eigenvalue weighted by Crippen LogP contribution is -2.37. The largest absolute Gasteiger partial charge is 0.497 e. The standard InChI is InChI=1S/C20H20N2O5/c1-25-16-4-2-3-13(9-16)20(24)21-14-10-19(23)22(12-14)15-5-6-17-18(11-15)27-8-7-26-17/h2-6,9,11,14H,7-8,10,12H2,1H3,(H,21,24). The van der Waals surface area contributed by atoms with Gasteiger partial charge in [0, 0.05) is 30.3 Å². The van der Waals surface area contributed by atoms with Crippen LogP contribution < -0.4 is 24.4 Å². The SMILES string of the molecule is COc1cccc(C(=O)NC2CC(=O)N(c3ccc4c(c3)OCCO4)C2)c1. The second-order valence-corrected chi connectivity index (χ2v) is 6.44. The molecule has 0 aromatic heterocycles. The number of amides is 2. The molecule has 7 nitrogen and oxygen atoms in total. The Morgan fingerprint density at radius 2 is 1.96 bits per heavy atom. The van der Waals surface area contributed by atoms with E-state index in [-0.39, 0.29) is 24.3 Å². The fourth-order valence-corrected chi connectivity index (χ4v) is 3.29. The molecule has 1 N–H and O–H groups in total. The van der Waals surface area contributed by atoms with Gasteiger partial charge in [0.05, 0.1) is 13.2 Å². The van der Waals surface area contributed by atoms with Crippen molar-refractivity contribution in [3.05, 3.63) is 48.0 Å². The normalized spacial score (nSPS) is 18.3. The summed E-state index contributed by atoms with van der Waals surface area (Å²) in [6.45, 7) is 1.42. The third kappa shape index (κ3) is 3.53. The molecule has 2 heterocycles. The molecule has 0 spiro atoms. The first-order valence-corrected chi connectivity index (χ1v) is 8.79. The minimum atomic E-state index is -0.260. The quantitative estimate of drug-likeness (QED) is 0.893. The number of carbonyl (C=O) groups is 2. The van der Waals surface area contributed by atoms with E-state index >= 15 is 0 Å². The zero-order chi connectivity index (χ0) is 18.8. The third-order valence-electron chi connectivity index (χ3n) is 4.63. The molecule has 4 rings (SSSR count). The smallest absolute Gasteiger partial charge is 0.251 e. The lowest BCUT2D eigenvalue weighted by Gasteiger charge is -2.22. The van der Waals surface area contributed by atoms with Crippen LogP contribution in [0.15, 0.2) is 42.5 Å². The number of hydrogen-bond donors (Lipinski definition) is 1. The van der Waals surface area contributed by atoms with Crippen molar-refractivity contribution < 1.29 is 23.8 Å². The van der Waals surface area contributed by atoms with Crippen molar-refractivity contribution in [2.24, 2.45) is 0 Å². The van der Waals surface area contributed by atoms with Crippen molar-refractivity contribution in [3.8, 4) is 17.2 Å². The molecule has 0 saturated carbocycles. The molecule has 0 radical (unpaired) electrons. The first-order chi connectivity index (χ1) is 13.1. The lowest BCUT2D eigenvalue weighted by atomic mass is 10.1. The van der Waals surface area contributed by atoms with Gasteiger partial charge >= 0.3 is 0 Å². The van der Waals surface area contributed by atoms with E-state index in [2.05, 4.69) is 5.32 Å². The zero-order valence-electron chi connectivity index (χ0n) is 14.9. The number of benzene rings is 2. The fraction of sp³-hybridized carbons (Fsp3) is 0.300. The van der Waals surface area contributed by atoms with Crippen molar-refractivity contribution in [1.82, 2.24) is 5.32 Å². The van der Waals surface area contributed by atoms with E-state index in [0.29, 0.717) is 42.6 Å². The minimum absolute atomic E-state index is 0.0392. The van der Waals surface area contributed by atoms with E-state index in [1.165, 1.54) is 0 Å². The van der Waals surface area contributed by atoms with Crippen molar-refractivity contribution in [3.63, 3.8) is 0 Å². The summed E-state index contributed by atoms with van der Waals surface area (Å²) in [5, 5.41) is 2.93. The van der Waals surface area contributed by atoms with Gasteiger partial charge in [0.15, 0.2) is 11.5 Å². The summed E-state index contributed by atoms with van der Waals surface area (Å²) < 4.78 is 16.2. The Hall–Kier alpha value is -3.22. The number of carbonyl (C=O) groups excluding carboxylic acids is 2. The van der Waals surface area contributed by atoms with Crippen LogP contribution in [0.2, 0.25) is 0 Å². The van der Waals surface area contributed by atoms with Crippen molar-refractivity contribution in [1.29, 1.82) is 0 Å². The van der Waals surface area contributed by atoms with Crippen molar-refractivity contribution in [2.75, 3.05) is 31.8 Å². The van der Waals surface area contributed by atoms with Crippen LogP contribution in [-0.4, -0.2) is 44.7 Å². The summed E-state index contributed by atoms with van der Waals surface area (Å²) in [5.74, 6) is 1.66. The summed E-state index contributed by atoms with van der Waals surface area (Å²) in [6.07, 6.45) is 0.254. The molecule has 1 saturated heterocycles. The van der Waals surface area contributed by atoms with Gasteiger partial charge in [-0.05, 0) is 30.3 Å². The van der Waals surface area contributed by atoms with Gasteiger partial charge in [0.2, 0.25) is 5.91 Å². The molecule has 1 fully saturated rings. The van der Waals surface area contributed by atoms with Crippen LogP contribution in [0.3, 0.4) is 0 Å². The lowest BCUT2D eigenvalue weighted by molar-refractivity contribution is -0.117. The number of nitrogens with one attached hydrogen (secondary N) is 1. The Labute approximate surface area is 156 Å². The van der Waals surface area contributed by atoms with E-state index in [1.807, 2.05) is 6.07 Å². The molecule has 27 heavy (non-hydrogen) atoms. The van der Waals surface area contributed by atoms with Gasteiger partial charge in [-0.2, -0.15) is 0 Å². The van der Waals surface area contributed by atoms with E-state index in [9.17, 15) is 9.59 Å². The third-order valence-corrected chi connectivity index (χ3v) is 4.63. The van der Waals surface area contributed by atoms with Gasteiger partial charge < -0.3 is 24.4 Å². The van der Waals surface area contributed by atoms with Gasteiger partial charge in [0.1, 0.15) is 19.0 Å². The van der Waals surface area contributed by atoms with Gasteiger partial charge in [-0.3, -0.25) is 9.59 Å². The zero-order valence-corrected chi connectivity index (χ0v) is 14.9. The summed E-state index contributed by atoms with van der Waals surface area (Å²) >= 11 is 0. The summed E-state index contributed by atoms with van der Waals surface area (Å²) in [7, 11) is 1.55. The molecule has 0 aliphatic carbocycles. The maximum Gasteiger partial charge on any atom is 0.251 e. The van der Waals surface area contributed by atoms with E-state index in [0.717, 1.165) is 5.69 Å². The topological polar surface area (TPSA) is 77.1 Å². The summed E-state index contributed by atoms with van der Waals surface area (Å²) in [6, 6.07) is 12.1. The molecule has 1 unspecified atom stereocenters. The van der Waals surface area contributed by atoms with Crippen LogP contribution >= 0.6 is 0 Å². The fourth-order valence-electron chi connectivity index (χ4n) is 3.29. The number of nitrogens with zero attached hydrogens (tertiary/aromatic N) is 1. The van der Waals surface area contributed by atoms with Gasteiger partial charge in [-0.25, -0.2) is 0 Å². The Bertz CT molecular complexity index is 882. The number of rotatable bonds is 4. The molecule has 2 amide bonds. The highest BCUT2D eigenvalue weighted by molar-refractivity contribution is 5.99. The highest BCUT2D eigenvalue weighted by atomic mass is 16.6. The Morgan fingerprint density at radius 3 is 2.78 bits per heavy atom. The maximum absolute atomic E-state index is 12.5. The second kappa shape index (κ2) is 7.19. The Morgan fingerprint density at radius 1 is 1.15 bits per heavy atom. The molecule has 1 atom stereocenters. The number of methoxy groups -OCH3 is 1. The van der Waals surface area contributed by atoms with Crippen LogP contribution in [0.1, 0.15) is 16.8 Å². The second-order valence-electron chi connectivity index (χ2n) is 6.44. The molecular weight excluding hydrogens is 348 g/mol. The van der Waals surface area contributed by atoms with E-state index in [4.69, 9.17) is 14.2 Å². The number of anilines is 1. The Balaban J connectivity index is 1.45. The molecule has 2 aromatic carbocycles. The summed E-state index contributed by atoms with van der Waals surface area (Å²) in [5.41, 5.74) is 1.24. The van der Waals surface area contributed by atoms with Crippen molar-refractivity contribution in [2.45, 2.75) is 12.5 Å². The van der Waals surface area contributed by atoms with Gasteiger partial charge in [0.25, 0.3) is 5.91 Å². The first kappa shape index (κ1) is 17.2. The average Bonchev–Trinajstić information content (AvgIpc) is 3.07. The molecule has 2 aromatic rings.